The SMILES string of the molecule is CC[C@]1(C)CC[C@@]2(C)[C@@H](CC[C@]3(C)[C@@H]2CC[C@@]2(C)[C@H]3CC[C@@H]2[C@H](C)[C@H](O)c2ccccc2)C1. The second-order valence-corrected chi connectivity index (χ2v) is 14.2. The van der Waals surface area contributed by atoms with Crippen molar-refractivity contribution in [2.45, 2.75) is 112 Å². The van der Waals surface area contributed by atoms with Crippen LogP contribution in [0.1, 0.15) is 117 Å². The summed E-state index contributed by atoms with van der Waals surface area (Å²) in [6, 6.07) is 10.4. The molecular weight excluding hydrogens is 400 g/mol. The Morgan fingerprint density at radius 1 is 0.818 bits per heavy atom. The Hall–Kier alpha value is -0.820. The lowest BCUT2D eigenvalue weighted by Gasteiger charge is -2.67. The predicted octanol–water partition coefficient (Wildman–Crippen LogP) is 8.82. The fourth-order valence-corrected chi connectivity index (χ4v) is 10.6. The summed E-state index contributed by atoms with van der Waals surface area (Å²) in [5, 5.41) is 11.3. The van der Waals surface area contributed by atoms with E-state index in [4.69, 9.17) is 0 Å². The molecule has 184 valence electrons. The van der Waals surface area contributed by atoms with Crippen molar-refractivity contribution >= 4 is 0 Å². The van der Waals surface area contributed by atoms with Gasteiger partial charge in [-0.15, -0.1) is 0 Å². The summed E-state index contributed by atoms with van der Waals surface area (Å²) in [5.41, 5.74) is 3.12. The third-order valence-corrected chi connectivity index (χ3v) is 12.9. The number of hydrogen-bond donors (Lipinski definition) is 1. The average molecular weight is 451 g/mol. The van der Waals surface area contributed by atoms with Crippen LogP contribution >= 0.6 is 0 Å². The van der Waals surface area contributed by atoms with Crippen molar-refractivity contribution < 1.29 is 5.11 Å². The third-order valence-electron chi connectivity index (χ3n) is 12.9. The van der Waals surface area contributed by atoms with Gasteiger partial charge in [-0.25, -0.2) is 0 Å². The Labute approximate surface area is 204 Å². The van der Waals surface area contributed by atoms with E-state index in [1.807, 2.05) is 0 Å². The highest BCUT2D eigenvalue weighted by Crippen LogP contribution is 2.74. The van der Waals surface area contributed by atoms with E-state index in [-0.39, 0.29) is 6.10 Å². The monoisotopic (exact) mass is 450 g/mol. The first-order valence-corrected chi connectivity index (χ1v) is 14.3. The minimum absolute atomic E-state index is 0.328. The molecule has 4 saturated carbocycles. The van der Waals surface area contributed by atoms with Crippen LogP contribution in [0.3, 0.4) is 0 Å². The van der Waals surface area contributed by atoms with Gasteiger partial charge >= 0.3 is 0 Å². The van der Waals surface area contributed by atoms with Crippen LogP contribution in [0.2, 0.25) is 0 Å². The highest BCUT2D eigenvalue weighted by Gasteiger charge is 2.66. The van der Waals surface area contributed by atoms with E-state index < -0.39 is 0 Å². The zero-order valence-electron chi connectivity index (χ0n) is 22.4. The average Bonchev–Trinajstić information content (AvgIpc) is 3.17. The summed E-state index contributed by atoms with van der Waals surface area (Å²) in [4.78, 5) is 0. The predicted molar refractivity (Wildman–Crippen MR) is 139 cm³/mol. The molecule has 33 heavy (non-hydrogen) atoms. The van der Waals surface area contributed by atoms with Crippen LogP contribution in [0, 0.1) is 51.2 Å². The van der Waals surface area contributed by atoms with E-state index in [0.29, 0.717) is 33.5 Å². The molecule has 1 aromatic rings. The Morgan fingerprint density at radius 3 is 2.18 bits per heavy atom. The Morgan fingerprint density at radius 2 is 1.48 bits per heavy atom. The topological polar surface area (TPSA) is 20.2 Å². The molecule has 4 aliphatic rings. The molecule has 1 N–H and O–H groups in total. The first-order chi connectivity index (χ1) is 15.6. The Balaban J connectivity index is 1.40. The van der Waals surface area contributed by atoms with Crippen LogP contribution in [-0.2, 0) is 0 Å². The van der Waals surface area contributed by atoms with Gasteiger partial charge in [0.2, 0.25) is 0 Å². The van der Waals surface area contributed by atoms with Crippen molar-refractivity contribution in [3.8, 4) is 0 Å². The van der Waals surface area contributed by atoms with Crippen molar-refractivity contribution in [2.75, 3.05) is 0 Å². The molecule has 1 aromatic carbocycles. The number of benzene rings is 1. The molecule has 0 spiro atoms. The summed E-state index contributed by atoms with van der Waals surface area (Å²) < 4.78 is 0. The number of fused-ring (bicyclic) bond motifs is 5. The van der Waals surface area contributed by atoms with Gasteiger partial charge in [0.15, 0.2) is 0 Å². The maximum absolute atomic E-state index is 11.3. The molecule has 10 atom stereocenters. The fourth-order valence-electron chi connectivity index (χ4n) is 10.6. The molecule has 0 amide bonds. The number of aliphatic hydroxyl groups excluding tert-OH is 1. The first-order valence-electron chi connectivity index (χ1n) is 14.3. The molecular formula is C32H50O. The standard InChI is InChI=1S/C32H50O/c1-7-29(3)19-20-30(4)24(21-29)15-17-32(6)26-14-13-25(31(26,5)18-16-27(30)32)22(2)28(33)23-11-9-8-10-12-23/h8-12,22,24-28,33H,7,13-21H2,1-6H3/t22-,24-,25+,26+,27+,28-,29+,30-,31+,32-/m0/s1. The molecule has 0 heterocycles. The van der Waals surface area contributed by atoms with Crippen molar-refractivity contribution in [1.82, 2.24) is 0 Å². The minimum Gasteiger partial charge on any atom is -0.388 e. The number of aliphatic hydroxyl groups is 1. The van der Waals surface area contributed by atoms with Gasteiger partial charge in [-0.3, -0.25) is 0 Å². The molecule has 0 saturated heterocycles. The summed E-state index contributed by atoms with van der Waals surface area (Å²) >= 11 is 0. The quantitative estimate of drug-likeness (QED) is 0.486. The molecule has 5 rings (SSSR count). The fraction of sp³-hybridized carbons (Fsp3) is 0.812. The van der Waals surface area contributed by atoms with E-state index in [0.717, 1.165) is 23.3 Å². The zero-order chi connectivity index (χ0) is 23.6. The maximum Gasteiger partial charge on any atom is 0.0818 e. The van der Waals surface area contributed by atoms with E-state index in [1.54, 1.807) is 0 Å². The van der Waals surface area contributed by atoms with E-state index >= 15 is 0 Å². The van der Waals surface area contributed by atoms with Gasteiger partial charge in [-0.05, 0) is 115 Å². The highest BCUT2D eigenvalue weighted by molar-refractivity contribution is 5.20. The minimum atomic E-state index is -0.337. The van der Waals surface area contributed by atoms with Gasteiger partial charge in [-0.2, -0.15) is 0 Å². The highest BCUT2D eigenvalue weighted by atomic mass is 16.3. The third kappa shape index (κ3) is 3.49. The summed E-state index contributed by atoms with van der Waals surface area (Å²) in [5.74, 6) is 3.63. The summed E-state index contributed by atoms with van der Waals surface area (Å²) in [6.45, 7) is 15.4. The summed E-state index contributed by atoms with van der Waals surface area (Å²) in [7, 11) is 0. The molecule has 0 radical (unpaired) electrons. The normalized spacial score (nSPS) is 48.9. The molecule has 0 bridgehead atoms. The van der Waals surface area contributed by atoms with Gasteiger partial charge in [0.05, 0.1) is 6.10 Å². The maximum atomic E-state index is 11.3. The Kier molecular flexibility index (Phi) is 5.87. The van der Waals surface area contributed by atoms with Crippen molar-refractivity contribution in [3.05, 3.63) is 35.9 Å². The molecule has 4 fully saturated rings. The largest absolute Gasteiger partial charge is 0.388 e. The molecule has 0 aliphatic heterocycles. The Bertz CT molecular complexity index is 847. The first kappa shape index (κ1) is 23.9. The van der Waals surface area contributed by atoms with Crippen molar-refractivity contribution in [2.24, 2.45) is 51.2 Å². The van der Waals surface area contributed by atoms with Gasteiger partial charge in [0.1, 0.15) is 0 Å². The van der Waals surface area contributed by atoms with Gasteiger partial charge < -0.3 is 5.11 Å². The molecule has 1 nitrogen and oxygen atoms in total. The number of hydrogen-bond acceptors (Lipinski definition) is 1. The van der Waals surface area contributed by atoms with Crippen LogP contribution in [0.5, 0.6) is 0 Å². The van der Waals surface area contributed by atoms with Crippen LogP contribution in [-0.4, -0.2) is 5.11 Å². The molecule has 0 unspecified atom stereocenters. The lowest BCUT2D eigenvalue weighted by Crippen LogP contribution is -2.59. The van der Waals surface area contributed by atoms with Gasteiger partial charge in [0.25, 0.3) is 0 Å². The summed E-state index contributed by atoms with van der Waals surface area (Å²) in [6.07, 6.45) is 13.8. The van der Waals surface area contributed by atoms with Crippen LogP contribution < -0.4 is 0 Å². The second-order valence-electron chi connectivity index (χ2n) is 14.2. The molecule has 4 aliphatic carbocycles. The van der Waals surface area contributed by atoms with Crippen LogP contribution in [0.4, 0.5) is 0 Å². The van der Waals surface area contributed by atoms with Gasteiger partial charge in [-0.1, -0.05) is 78.3 Å². The van der Waals surface area contributed by atoms with Crippen LogP contribution in [0.25, 0.3) is 0 Å². The lowest BCUT2D eigenvalue weighted by atomic mass is 9.38. The van der Waals surface area contributed by atoms with Gasteiger partial charge in [0, 0.05) is 0 Å². The van der Waals surface area contributed by atoms with Crippen molar-refractivity contribution in [3.63, 3.8) is 0 Å². The smallest absolute Gasteiger partial charge is 0.0818 e. The van der Waals surface area contributed by atoms with E-state index in [1.165, 1.54) is 64.2 Å². The van der Waals surface area contributed by atoms with E-state index in [2.05, 4.69) is 71.9 Å². The lowest BCUT2D eigenvalue weighted by molar-refractivity contribution is -0.180. The second kappa shape index (κ2) is 8.11. The number of rotatable bonds is 4. The zero-order valence-corrected chi connectivity index (χ0v) is 22.4. The molecule has 1 heteroatoms. The van der Waals surface area contributed by atoms with E-state index in [9.17, 15) is 5.11 Å². The van der Waals surface area contributed by atoms with Crippen molar-refractivity contribution in [1.29, 1.82) is 0 Å². The molecule has 0 aromatic heterocycles. The van der Waals surface area contributed by atoms with Crippen LogP contribution in [0.15, 0.2) is 30.3 Å².